The van der Waals surface area contributed by atoms with Crippen LogP contribution >= 0.6 is 0 Å². The summed E-state index contributed by atoms with van der Waals surface area (Å²) in [7, 11) is 0. The Balaban J connectivity index is 2.49. The van der Waals surface area contributed by atoms with Crippen LogP contribution < -0.4 is 16.0 Å². The minimum absolute atomic E-state index is 0.00258. The van der Waals surface area contributed by atoms with Crippen molar-refractivity contribution in [1.29, 1.82) is 0 Å². The third-order valence-electron chi connectivity index (χ3n) is 3.48. The van der Waals surface area contributed by atoms with Gasteiger partial charge < -0.3 is 21.1 Å². The fraction of sp³-hybridized carbons (Fsp3) is 0.412. The summed E-state index contributed by atoms with van der Waals surface area (Å²) in [6.07, 6.45) is -0.0235. The molecule has 0 heterocycles. The van der Waals surface area contributed by atoms with E-state index in [0.717, 1.165) is 5.56 Å². The zero-order valence-electron chi connectivity index (χ0n) is 14.6. The van der Waals surface area contributed by atoms with Crippen molar-refractivity contribution >= 4 is 29.4 Å². The number of carbonyl (C=O) groups excluding carboxylic acids is 3. The van der Waals surface area contributed by atoms with Crippen LogP contribution in [-0.4, -0.2) is 41.9 Å². The Hall–Kier alpha value is -2.90. The summed E-state index contributed by atoms with van der Waals surface area (Å²) >= 11 is 0. The van der Waals surface area contributed by atoms with Crippen molar-refractivity contribution in [1.82, 2.24) is 10.6 Å². The van der Waals surface area contributed by atoms with E-state index in [-0.39, 0.29) is 36.1 Å². The summed E-state index contributed by atoms with van der Waals surface area (Å²) in [4.78, 5) is 45.4. The molecule has 0 atom stereocenters. The number of amides is 3. The van der Waals surface area contributed by atoms with E-state index in [1.54, 1.807) is 19.9 Å². The minimum atomic E-state index is -1.06. The largest absolute Gasteiger partial charge is 0.478 e. The molecule has 0 bridgehead atoms. The Morgan fingerprint density at radius 2 is 1.52 bits per heavy atom. The van der Waals surface area contributed by atoms with E-state index in [9.17, 15) is 19.2 Å². The van der Waals surface area contributed by atoms with Gasteiger partial charge in [0.2, 0.25) is 17.7 Å². The standard InChI is InChI=1S/C17H23N3O5/c1-10-8-11(2)14(9-13(10)17(24)25)20-16(23)5-4-15(22)19-7-6-18-12(3)21/h8-9H,4-7H2,1-3H3,(H,18,21)(H,19,22)(H,20,23)(H,24,25). The topological polar surface area (TPSA) is 125 Å². The van der Waals surface area contributed by atoms with Crippen molar-refractivity contribution in [2.75, 3.05) is 18.4 Å². The summed E-state index contributed by atoms with van der Waals surface area (Å²) < 4.78 is 0. The number of aryl methyl sites for hydroxylation is 2. The molecule has 0 aliphatic heterocycles. The van der Waals surface area contributed by atoms with Crippen LogP contribution in [0.15, 0.2) is 12.1 Å². The molecule has 0 saturated heterocycles. The maximum Gasteiger partial charge on any atom is 0.336 e. The van der Waals surface area contributed by atoms with Crippen molar-refractivity contribution in [3.8, 4) is 0 Å². The van der Waals surface area contributed by atoms with Gasteiger partial charge in [-0.3, -0.25) is 14.4 Å². The maximum absolute atomic E-state index is 12.0. The molecule has 3 amide bonds. The van der Waals surface area contributed by atoms with Gasteiger partial charge in [0.25, 0.3) is 0 Å². The highest BCUT2D eigenvalue weighted by molar-refractivity contribution is 5.96. The average Bonchev–Trinajstić information content (AvgIpc) is 2.51. The molecular formula is C17H23N3O5. The summed E-state index contributed by atoms with van der Waals surface area (Å²) in [5.41, 5.74) is 1.90. The first-order chi connectivity index (χ1) is 11.7. The lowest BCUT2D eigenvalue weighted by Crippen LogP contribution is -2.33. The van der Waals surface area contributed by atoms with Crippen LogP contribution in [0.3, 0.4) is 0 Å². The molecule has 0 spiro atoms. The number of hydrogen-bond donors (Lipinski definition) is 4. The first kappa shape index (κ1) is 20.1. The molecular weight excluding hydrogens is 326 g/mol. The van der Waals surface area contributed by atoms with E-state index in [1.807, 2.05) is 0 Å². The number of carboxylic acids is 1. The second-order valence-electron chi connectivity index (χ2n) is 5.67. The van der Waals surface area contributed by atoms with Crippen LogP contribution in [0.4, 0.5) is 5.69 Å². The maximum atomic E-state index is 12.0. The Bertz CT molecular complexity index is 685. The molecule has 0 aromatic heterocycles. The molecule has 0 fully saturated rings. The van der Waals surface area contributed by atoms with Crippen molar-refractivity contribution < 1.29 is 24.3 Å². The molecule has 8 heteroatoms. The molecule has 0 unspecified atom stereocenters. The van der Waals surface area contributed by atoms with Crippen LogP contribution in [-0.2, 0) is 14.4 Å². The fourth-order valence-electron chi connectivity index (χ4n) is 2.19. The molecule has 136 valence electrons. The highest BCUT2D eigenvalue weighted by atomic mass is 16.4. The van der Waals surface area contributed by atoms with E-state index >= 15 is 0 Å². The van der Waals surface area contributed by atoms with Crippen molar-refractivity contribution in [3.05, 3.63) is 28.8 Å². The average molecular weight is 349 g/mol. The number of anilines is 1. The Morgan fingerprint density at radius 1 is 0.920 bits per heavy atom. The van der Waals surface area contributed by atoms with Crippen LogP contribution in [0.1, 0.15) is 41.3 Å². The number of carbonyl (C=O) groups is 4. The number of carboxylic acid groups (broad SMARTS) is 1. The van der Waals surface area contributed by atoms with Crippen LogP contribution in [0.5, 0.6) is 0 Å². The quantitative estimate of drug-likeness (QED) is 0.521. The number of nitrogens with one attached hydrogen (secondary N) is 3. The lowest BCUT2D eigenvalue weighted by Gasteiger charge is -2.11. The summed E-state index contributed by atoms with van der Waals surface area (Å²) in [5.74, 6) is -1.91. The molecule has 0 saturated carbocycles. The van der Waals surface area contributed by atoms with Gasteiger partial charge in [0.15, 0.2) is 0 Å². The van der Waals surface area contributed by atoms with Crippen molar-refractivity contribution in [2.24, 2.45) is 0 Å². The molecule has 4 N–H and O–H groups in total. The lowest BCUT2D eigenvalue weighted by molar-refractivity contribution is -0.124. The number of rotatable bonds is 8. The second kappa shape index (κ2) is 9.41. The summed E-state index contributed by atoms with van der Waals surface area (Å²) in [6, 6.07) is 3.10. The van der Waals surface area contributed by atoms with Gasteiger partial charge in [0.1, 0.15) is 0 Å². The Labute approximate surface area is 146 Å². The monoisotopic (exact) mass is 349 g/mol. The van der Waals surface area contributed by atoms with Gasteiger partial charge in [-0.05, 0) is 31.0 Å². The molecule has 1 rings (SSSR count). The van der Waals surface area contributed by atoms with E-state index in [2.05, 4.69) is 16.0 Å². The first-order valence-corrected chi connectivity index (χ1v) is 7.86. The van der Waals surface area contributed by atoms with Gasteiger partial charge in [-0.25, -0.2) is 4.79 Å². The Morgan fingerprint density at radius 3 is 2.12 bits per heavy atom. The fourth-order valence-corrected chi connectivity index (χ4v) is 2.19. The number of benzene rings is 1. The molecule has 0 radical (unpaired) electrons. The number of hydrogen-bond acceptors (Lipinski definition) is 4. The van der Waals surface area contributed by atoms with Crippen molar-refractivity contribution in [2.45, 2.75) is 33.6 Å². The third-order valence-corrected chi connectivity index (χ3v) is 3.48. The molecule has 25 heavy (non-hydrogen) atoms. The van der Waals surface area contributed by atoms with E-state index < -0.39 is 5.97 Å². The smallest absolute Gasteiger partial charge is 0.336 e. The predicted octanol–water partition coefficient (Wildman–Crippen LogP) is 0.973. The minimum Gasteiger partial charge on any atom is -0.478 e. The lowest BCUT2D eigenvalue weighted by atomic mass is 10.0. The van der Waals surface area contributed by atoms with Crippen LogP contribution in [0.2, 0.25) is 0 Å². The normalized spacial score (nSPS) is 10.0. The van der Waals surface area contributed by atoms with Gasteiger partial charge in [0.05, 0.1) is 5.56 Å². The first-order valence-electron chi connectivity index (χ1n) is 7.86. The zero-order valence-corrected chi connectivity index (χ0v) is 14.6. The SMILES string of the molecule is CC(=O)NCCNC(=O)CCC(=O)Nc1cc(C(=O)O)c(C)cc1C. The van der Waals surface area contributed by atoms with Crippen molar-refractivity contribution in [3.63, 3.8) is 0 Å². The van der Waals surface area contributed by atoms with Crippen LogP contribution in [0, 0.1) is 13.8 Å². The summed E-state index contributed by atoms with van der Waals surface area (Å²) in [6.45, 7) is 5.46. The molecule has 0 aliphatic carbocycles. The molecule has 0 aliphatic rings. The van der Waals surface area contributed by atoms with Gasteiger partial charge >= 0.3 is 5.97 Å². The van der Waals surface area contributed by atoms with E-state index in [0.29, 0.717) is 24.3 Å². The van der Waals surface area contributed by atoms with Gasteiger partial charge in [0, 0.05) is 38.5 Å². The van der Waals surface area contributed by atoms with E-state index in [1.165, 1.54) is 13.0 Å². The highest BCUT2D eigenvalue weighted by Gasteiger charge is 2.13. The van der Waals surface area contributed by atoms with Gasteiger partial charge in [-0.2, -0.15) is 0 Å². The second-order valence-corrected chi connectivity index (χ2v) is 5.67. The van der Waals surface area contributed by atoms with Gasteiger partial charge in [-0.1, -0.05) is 6.07 Å². The Kier molecular flexibility index (Phi) is 7.58. The third kappa shape index (κ3) is 7.03. The molecule has 1 aromatic rings. The highest BCUT2D eigenvalue weighted by Crippen LogP contribution is 2.21. The van der Waals surface area contributed by atoms with Gasteiger partial charge in [-0.15, -0.1) is 0 Å². The molecule has 1 aromatic carbocycles. The molecule has 8 nitrogen and oxygen atoms in total. The number of aromatic carboxylic acids is 1. The predicted molar refractivity (Wildman–Crippen MR) is 92.4 cm³/mol. The van der Waals surface area contributed by atoms with Crippen LogP contribution in [0.25, 0.3) is 0 Å². The summed E-state index contributed by atoms with van der Waals surface area (Å²) in [5, 5.41) is 16.9. The van der Waals surface area contributed by atoms with E-state index in [4.69, 9.17) is 5.11 Å². The zero-order chi connectivity index (χ0) is 19.0.